The lowest BCUT2D eigenvalue weighted by molar-refractivity contribution is -0.165. The Morgan fingerprint density at radius 2 is 1.17 bits per heavy atom. The van der Waals surface area contributed by atoms with Gasteiger partial charge in [0.05, 0.1) is 0 Å². The first-order valence-electron chi connectivity index (χ1n) is 8.75. The number of hydrogen-bond acceptors (Lipinski definition) is 5. The van der Waals surface area contributed by atoms with Crippen LogP contribution < -0.4 is 0 Å². The second-order valence-corrected chi connectivity index (χ2v) is 7.49. The molecule has 0 aliphatic carbocycles. The lowest BCUT2D eigenvalue weighted by Crippen LogP contribution is -2.31. The van der Waals surface area contributed by atoms with E-state index in [1.165, 1.54) is 0 Å². The third-order valence-corrected chi connectivity index (χ3v) is 4.93. The van der Waals surface area contributed by atoms with Crippen LogP contribution in [0.3, 0.4) is 0 Å². The van der Waals surface area contributed by atoms with Crippen LogP contribution in [-0.2, 0) is 20.4 Å². The number of unbranched alkanes of at least 4 members (excludes halogenated alkanes) is 4. The molecule has 0 aliphatic heterocycles. The summed E-state index contributed by atoms with van der Waals surface area (Å²) in [6, 6.07) is 0. The predicted molar refractivity (Wildman–Crippen MR) is 93.2 cm³/mol. The van der Waals surface area contributed by atoms with E-state index in [1.807, 2.05) is 13.8 Å². The molecule has 142 valence electrons. The van der Waals surface area contributed by atoms with Gasteiger partial charge in [0, 0.05) is 48.2 Å². The van der Waals surface area contributed by atoms with Gasteiger partial charge in [-0.1, -0.05) is 39.5 Å². The van der Waals surface area contributed by atoms with E-state index in [9.17, 15) is 24.2 Å². The molecule has 8 heteroatoms. The van der Waals surface area contributed by atoms with Crippen LogP contribution in [0.4, 0.5) is 0 Å². The molecule has 0 heterocycles. The van der Waals surface area contributed by atoms with Crippen molar-refractivity contribution >= 4 is 22.6 Å². The van der Waals surface area contributed by atoms with Crippen LogP contribution in [0.25, 0.3) is 0 Å². The normalized spacial score (nSPS) is 10.9. The molecule has 0 aromatic rings. The van der Waals surface area contributed by atoms with Crippen LogP contribution in [0.1, 0.15) is 65.2 Å². The maximum Gasteiger partial charge on any atom is 0.246 e. The molecule has 0 rings (SSSR count). The number of rotatable bonds is 14. The average molecular weight is 365 g/mol. The van der Waals surface area contributed by atoms with E-state index >= 15 is 0 Å². The van der Waals surface area contributed by atoms with Gasteiger partial charge in [-0.3, -0.25) is 24.2 Å². The second-order valence-electron chi connectivity index (χ2n) is 5.80. The summed E-state index contributed by atoms with van der Waals surface area (Å²) in [6.45, 7) is 4.64. The summed E-state index contributed by atoms with van der Waals surface area (Å²) in [6.07, 6.45) is 5.33. The Balaban J connectivity index is 3.88. The molecule has 0 spiro atoms. The fourth-order valence-electron chi connectivity index (χ4n) is 2.04. The lowest BCUT2D eigenvalue weighted by Gasteiger charge is -2.15. The van der Waals surface area contributed by atoms with Gasteiger partial charge in [0.25, 0.3) is 0 Å². The molecule has 0 atom stereocenters. The highest BCUT2D eigenvalue weighted by Gasteiger charge is 2.15. The predicted octanol–water partition coefficient (Wildman–Crippen LogP) is 2.33. The Morgan fingerprint density at radius 1 is 0.792 bits per heavy atom. The first-order chi connectivity index (χ1) is 11.4. The molecule has 0 aliphatic rings. The molecule has 2 N–H and O–H groups in total. The van der Waals surface area contributed by atoms with Gasteiger partial charge in [0.1, 0.15) is 0 Å². The number of hydrogen-bond donors (Lipinski definition) is 2. The number of amides is 2. The van der Waals surface area contributed by atoms with Crippen molar-refractivity contribution in [3.05, 3.63) is 0 Å². The van der Waals surface area contributed by atoms with E-state index in [0.29, 0.717) is 10.1 Å². The van der Waals surface area contributed by atoms with Crippen LogP contribution in [0.2, 0.25) is 0 Å². The summed E-state index contributed by atoms with van der Waals surface area (Å²) < 4.78 is 11.8. The van der Waals surface area contributed by atoms with Gasteiger partial charge in [-0.15, -0.1) is 0 Å². The second kappa shape index (κ2) is 14.4. The van der Waals surface area contributed by atoms with Crippen molar-refractivity contribution in [1.82, 2.24) is 10.1 Å². The highest BCUT2D eigenvalue weighted by Crippen LogP contribution is 2.02. The average Bonchev–Trinajstić information content (AvgIpc) is 2.57. The van der Waals surface area contributed by atoms with E-state index in [1.54, 1.807) is 0 Å². The summed E-state index contributed by atoms with van der Waals surface area (Å²) in [5.41, 5.74) is 0. The third kappa shape index (κ3) is 11.5. The van der Waals surface area contributed by atoms with E-state index < -0.39 is 22.6 Å². The fourth-order valence-corrected chi connectivity index (χ4v) is 3.04. The molecular formula is C16H32N2O5S. The number of carbonyl (C=O) groups is 2. The summed E-state index contributed by atoms with van der Waals surface area (Å²) in [5, 5.41) is 20.4. The van der Waals surface area contributed by atoms with Crippen molar-refractivity contribution in [3.8, 4) is 0 Å². The van der Waals surface area contributed by atoms with Crippen LogP contribution in [0.15, 0.2) is 0 Å². The maximum atomic E-state index is 11.8. The first-order valence-corrected chi connectivity index (χ1v) is 10.2. The highest BCUT2D eigenvalue weighted by atomic mass is 32.2. The Labute approximate surface area is 147 Å². The van der Waals surface area contributed by atoms with Crippen molar-refractivity contribution < 1.29 is 24.2 Å². The molecule has 0 radical (unpaired) electrons. The van der Waals surface area contributed by atoms with Gasteiger partial charge < -0.3 is 0 Å². The Hall–Kier alpha value is -0.990. The number of nitrogens with zero attached hydrogens (tertiary/aromatic N) is 2. The minimum absolute atomic E-state index is 0.0111. The van der Waals surface area contributed by atoms with E-state index in [-0.39, 0.29) is 37.4 Å². The zero-order valence-corrected chi connectivity index (χ0v) is 15.7. The van der Waals surface area contributed by atoms with Crippen LogP contribution in [0, 0.1) is 0 Å². The highest BCUT2D eigenvalue weighted by molar-refractivity contribution is 7.85. The van der Waals surface area contributed by atoms with Crippen molar-refractivity contribution in [3.63, 3.8) is 0 Å². The Morgan fingerprint density at radius 3 is 1.50 bits per heavy atom. The van der Waals surface area contributed by atoms with Gasteiger partial charge in [0.2, 0.25) is 11.8 Å². The van der Waals surface area contributed by atoms with Crippen molar-refractivity contribution in [1.29, 1.82) is 0 Å². The molecule has 0 unspecified atom stereocenters. The molecule has 0 bridgehead atoms. The van der Waals surface area contributed by atoms with Crippen LogP contribution in [-0.4, -0.2) is 61.2 Å². The molecule has 0 saturated heterocycles. The fraction of sp³-hybridized carbons (Fsp3) is 0.875. The zero-order valence-electron chi connectivity index (χ0n) is 14.9. The van der Waals surface area contributed by atoms with Crippen molar-refractivity contribution in [2.75, 3.05) is 24.6 Å². The monoisotopic (exact) mass is 364 g/mol. The summed E-state index contributed by atoms with van der Waals surface area (Å²) in [5.74, 6) is -0.681. The zero-order chi connectivity index (χ0) is 18.4. The number of hydroxylamine groups is 4. The van der Waals surface area contributed by atoms with E-state index in [0.717, 1.165) is 38.5 Å². The molecule has 0 saturated carbocycles. The third-order valence-electron chi connectivity index (χ3n) is 3.61. The molecule has 0 fully saturated rings. The minimum atomic E-state index is -1.33. The van der Waals surface area contributed by atoms with E-state index in [2.05, 4.69) is 0 Å². The van der Waals surface area contributed by atoms with Crippen molar-refractivity contribution in [2.24, 2.45) is 0 Å². The summed E-state index contributed by atoms with van der Waals surface area (Å²) in [4.78, 5) is 23.3. The topological polar surface area (TPSA) is 98.2 Å². The maximum absolute atomic E-state index is 11.8. The standard InChI is InChI=1S/C16H32N2O5S/c1-3-5-7-11-17(21)15(19)9-13-24(23)14-10-16(20)18(22)12-8-6-4-2/h21-22H,3-14H2,1-2H3. The summed E-state index contributed by atoms with van der Waals surface area (Å²) >= 11 is 0. The number of carbonyl (C=O) groups excluding carboxylic acids is 2. The lowest BCUT2D eigenvalue weighted by atomic mass is 10.2. The Bertz CT molecular complexity index is 359. The first kappa shape index (κ1) is 23.0. The van der Waals surface area contributed by atoms with Gasteiger partial charge in [0.15, 0.2) is 0 Å². The molecular weight excluding hydrogens is 332 g/mol. The molecule has 0 aromatic carbocycles. The minimum Gasteiger partial charge on any atom is -0.286 e. The van der Waals surface area contributed by atoms with E-state index in [4.69, 9.17) is 0 Å². The van der Waals surface area contributed by atoms with Crippen LogP contribution in [0.5, 0.6) is 0 Å². The van der Waals surface area contributed by atoms with Crippen molar-refractivity contribution in [2.45, 2.75) is 65.2 Å². The molecule has 0 aromatic heterocycles. The molecule has 2 amide bonds. The largest absolute Gasteiger partial charge is 0.286 e. The van der Waals surface area contributed by atoms with Crippen LogP contribution >= 0.6 is 0 Å². The van der Waals surface area contributed by atoms with Gasteiger partial charge >= 0.3 is 0 Å². The van der Waals surface area contributed by atoms with Gasteiger partial charge in [-0.25, -0.2) is 10.1 Å². The quantitative estimate of drug-likeness (QED) is 0.280. The smallest absolute Gasteiger partial charge is 0.246 e. The summed E-state index contributed by atoms with van der Waals surface area (Å²) in [7, 11) is -1.33. The van der Waals surface area contributed by atoms with Gasteiger partial charge in [-0.05, 0) is 12.8 Å². The SMILES string of the molecule is CCCCCN(O)C(=O)CCS(=O)CCC(=O)N(O)CCCCC. The van der Waals surface area contributed by atoms with Gasteiger partial charge in [-0.2, -0.15) is 0 Å². The Kier molecular flexibility index (Phi) is 13.8. The molecule has 24 heavy (non-hydrogen) atoms. The molecule has 7 nitrogen and oxygen atoms in total.